The summed E-state index contributed by atoms with van der Waals surface area (Å²) in [5, 5.41) is 7.11. The van der Waals surface area contributed by atoms with Gasteiger partial charge < -0.3 is 10.2 Å². The van der Waals surface area contributed by atoms with E-state index < -0.39 is 0 Å². The molecule has 130 valence electrons. The summed E-state index contributed by atoms with van der Waals surface area (Å²) < 4.78 is 0. The molecule has 3 rings (SSSR count). The highest BCUT2D eigenvalue weighted by molar-refractivity contribution is 6.34. The van der Waals surface area contributed by atoms with Crippen LogP contribution < -0.4 is 5.32 Å². The van der Waals surface area contributed by atoms with Crippen LogP contribution in [0.4, 0.5) is 5.69 Å². The number of para-hydroxylation sites is 1. The van der Waals surface area contributed by atoms with Crippen LogP contribution in [0.5, 0.6) is 0 Å². The Bertz CT molecular complexity index is 937. The number of hydrogen-bond acceptors (Lipinski definition) is 3. The highest BCUT2D eigenvalue weighted by atomic mass is 35.5. The number of hydrogen-bond donors (Lipinski definition) is 1. The van der Waals surface area contributed by atoms with Gasteiger partial charge in [-0.2, -0.15) is 0 Å². The second-order valence-corrected chi connectivity index (χ2v) is 5.93. The summed E-state index contributed by atoms with van der Waals surface area (Å²) in [6, 6.07) is 22.4. The zero-order valence-corrected chi connectivity index (χ0v) is 14.9. The molecule has 0 heterocycles. The predicted molar refractivity (Wildman–Crippen MR) is 106 cm³/mol. The normalized spacial score (nSPS) is 10.7. The van der Waals surface area contributed by atoms with Crippen LogP contribution in [0.1, 0.15) is 15.9 Å². The Morgan fingerprint density at radius 2 is 1.69 bits per heavy atom. The highest BCUT2D eigenvalue weighted by Gasteiger charge is 2.12. The van der Waals surface area contributed by atoms with E-state index >= 15 is 0 Å². The molecule has 0 spiro atoms. The van der Waals surface area contributed by atoms with Crippen molar-refractivity contribution in [2.45, 2.75) is 0 Å². The fourth-order valence-corrected chi connectivity index (χ4v) is 2.76. The van der Waals surface area contributed by atoms with Crippen molar-refractivity contribution in [2.24, 2.45) is 5.16 Å². The number of benzene rings is 3. The zero-order valence-electron chi connectivity index (χ0n) is 14.1. The van der Waals surface area contributed by atoms with E-state index in [4.69, 9.17) is 11.6 Å². The van der Waals surface area contributed by atoms with Gasteiger partial charge in [-0.3, -0.25) is 4.79 Å². The second-order valence-electron chi connectivity index (χ2n) is 5.52. The lowest BCUT2D eigenvalue weighted by Crippen LogP contribution is -2.13. The molecule has 0 unspecified atom stereocenters. The first-order chi connectivity index (χ1) is 12.7. The van der Waals surface area contributed by atoms with Crippen LogP contribution in [-0.4, -0.2) is 19.2 Å². The highest BCUT2D eigenvalue weighted by Crippen LogP contribution is 2.29. The first-order valence-electron chi connectivity index (χ1n) is 8.01. The van der Waals surface area contributed by atoms with Gasteiger partial charge in [-0.15, -0.1) is 0 Å². The maximum Gasteiger partial charge on any atom is 0.257 e. The molecule has 1 amide bonds. The minimum atomic E-state index is -0.244. The molecule has 26 heavy (non-hydrogen) atoms. The van der Waals surface area contributed by atoms with Gasteiger partial charge in [0.05, 0.1) is 16.8 Å². The van der Waals surface area contributed by atoms with Crippen LogP contribution in [0.25, 0.3) is 11.1 Å². The fraction of sp³-hybridized carbons (Fsp3) is 0.0476. The minimum absolute atomic E-state index is 0.244. The van der Waals surface area contributed by atoms with Crippen molar-refractivity contribution in [3.8, 4) is 11.1 Å². The number of oxime groups is 1. The van der Waals surface area contributed by atoms with Gasteiger partial charge in [-0.1, -0.05) is 71.4 Å². The molecule has 1 N–H and O–H groups in total. The van der Waals surface area contributed by atoms with Crippen molar-refractivity contribution in [3.63, 3.8) is 0 Å². The van der Waals surface area contributed by atoms with Crippen molar-refractivity contribution in [1.82, 2.24) is 0 Å². The molecule has 0 saturated carbocycles. The molecule has 0 atom stereocenters. The smallest absolute Gasteiger partial charge is 0.257 e. The molecule has 5 heteroatoms. The Hall–Kier alpha value is -3.11. The number of carbonyl (C=O) groups is 1. The van der Waals surface area contributed by atoms with Crippen LogP contribution in [-0.2, 0) is 4.84 Å². The maximum atomic E-state index is 12.6. The van der Waals surface area contributed by atoms with Crippen LogP contribution in [0, 0.1) is 0 Å². The first-order valence-corrected chi connectivity index (χ1v) is 8.38. The summed E-state index contributed by atoms with van der Waals surface area (Å²) in [6.07, 6.45) is 1.63. The van der Waals surface area contributed by atoms with Crippen LogP contribution >= 0.6 is 11.6 Å². The van der Waals surface area contributed by atoms with Crippen molar-refractivity contribution < 1.29 is 9.63 Å². The molecule has 0 aliphatic heterocycles. The van der Waals surface area contributed by atoms with E-state index in [-0.39, 0.29) is 5.91 Å². The topological polar surface area (TPSA) is 50.7 Å². The molecule has 4 nitrogen and oxygen atoms in total. The number of anilines is 1. The van der Waals surface area contributed by atoms with E-state index in [1.807, 2.05) is 48.5 Å². The fourth-order valence-electron chi connectivity index (χ4n) is 2.54. The summed E-state index contributed by atoms with van der Waals surface area (Å²) in [4.78, 5) is 17.3. The van der Waals surface area contributed by atoms with Crippen molar-refractivity contribution in [2.75, 3.05) is 12.4 Å². The second kappa shape index (κ2) is 8.32. The summed E-state index contributed by atoms with van der Waals surface area (Å²) >= 11 is 6.12. The van der Waals surface area contributed by atoms with Gasteiger partial charge >= 0.3 is 0 Å². The van der Waals surface area contributed by atoms with E-state index in [1.165, 1.54) is 7.11 Å². The number of carbonyl (C=O) groups excluding carboxylic acids is 1. The Morgan fingerprint density at radius 3 is 2.42 bits per heavy atom. The largest absolute Gasteiger partial charge is 0.399 e. The molecule has 0 aliphatic rings. The Labute approximate surface area is 157 Å². The minimum Gasteiger partial charge on any atom is -0.399 e. The molecule has 0 bridgehead atoms. The number of amides is 1. The van der Waals surface area contributed by atoms with Crippen LogP contribution in [0.2, 0.25) is 5.02 Å². The monoisotopic (exact) mass is 364 g/mol. The van der Waals surface area contributed by atoms with Crippen molar-refractivity contribution >= 4 is 29.4 Å². The standard InChI is InChI=1S/C21H17ClN2O2/c1-26-23-14-15-10-12-16(13-11-15)17-6-3-5-9-20(17)24-21(25)18-7-2-4-8-19(18)22/h2-14H,1H3,(H,24,25). The quantitative estimate of drug-likeness (QED) is 0.497. The third kappa shape index (κ3) is 4.10. The SMILES string of the molecule is CON=Cc1ccc(-c2ccccc2NC(=O)c2ccccc2Cl)cc1. The average Bonchev–Trinajstić information content (AvgIpc) is 2.67. The zero-order chi connectivity index (χ0) is 18.4. The number of rotatable bonds is 5. The molecular formula is C21H17ClN2O2. The molecule has 3 aromatic rings. The van der Waals surface area contributed by atoms with Crippen LogP contribution in [0.15, 0.2) is 78.0 Å². The summed E-state index contributed by atoms with van der Waals surface area (Å²) in [5.74, 6) is -0.244. The first kappa shape index (κ1) is 17.7. The number of nitrogens with zero attached hydrogens (tertiary/aromatic N) is 1. The molecule has 0 fully saturated rings. The van der Waals surface area contributed by atoms with Crippen molar-refractivity contribution in [3.05, 3.63) is 88.9 Å². The summed E-state index contributed by atoms with van der Waals surface area (Å²) in [6.45, 7) is 0. The lowest BCUT2D eigenvalue weighted by Gasteiger charge is -2.12. The van der Waals surface area contributed by atoms with Crippen molar-refractivity contribution in [1.29, 1.82) is 0 Å². The third-order valence-corrected chi connectivity index (χ3v) is 4.15. The van der Waals surface area contributed by atoms with Gasteiger partial charge in [0, 0.05) is 11.3 Å². The summed E-state index contributed by atoms with van der Waals surface area (Å²) in [7, 11) is 1.50. The third-order valence-electron chi connectivity index (χ3n) is 3.82. The van der Waals surface area contributed by atoms with Gasteiger partial charge in [0.2, 0.25) is 0 Å². The molecular weight excluding hydrogens is 348 g/mol. The van der Waals surface area contributed by atoms with E-state index in [9.17, 15) is 4.79 Å². The van der Waals surface area contributed by atoms with E-state index in [1.54, 1.807) is 30.5 Å². The van der Waals surface area contributed by atoms with Gasteiger partial charge in [0.15, 0.2) is 0 Å². The summed E-state index contributed by atoms with van der Waals surface area (Å²) in [5.41, 5.74) is 3.98. The van der Waals surface area contributed by atoms with E-state index in [0.29, 0.717) is 10.6 Å². The number of halogens is 1. The average molecular weight is 365 g/mol. The van der Waals surface area contributed by atoms with Gasteiger partial charge in [-0.05, 0) is 29.3 Å². The Morgan fingerprint density at radius 1 is 1.00 bits per heavy atom. The molecule has 0 radical (unpaired) electrons. The van der Waals surface area contributed by atoms with Gasteiger partial charge in [-0.25, -0.2) is 0 Å². The maximum absolute atomic E-state index is 12.6. The molecule has 0 aromatic heterocycles. The molecule has 3 aromatic carbocycles. The predicted octanol–water partition coefficient (Wildman–Crippen LogP) is 5.24. The van der Waals surface area contributed by atoms with Gasteiger partial charge in [0.25, 0.3) is 5.91 Å². The molecule has 0 aliphatic carbocycles. The van der Waals surface area contributed by atoms with E-state index in [2.05, 4.69) is 15.3 Å². The lowest BCUT2D eigenvalue weighted by atomic mass is 10.0. The van der Waals surface area contributed by atoms with Crippen LogP contribution in [0.3, 0.4) is 0 Å². The van der Waals surface area contributed by atoms with E-state index in [0.717, 1.165) is 22.4 Å². The lowest BCUT2D eigenvalue weighted by molar-refractivity contribution is 0.102. The Balaban J connectivity index is 1.88. The molecule has 0 saturated heterocycles. The Kier molecular flexibility index (Phi) is 5.66. The number of nitrogens with one attached hydrogen (secondary N) is 1. The van der Waals surface area contributed by atoms with Gasteiger partial charge in [0.1, 0.15) is 7.11 Å².